The Morgan fingerprint density at radius 1 is 1.23 bits per heavy atom. The number of carbonyl (C=O) groups is 1. The second-order valence-electron chi connectivity index (χ2n) is 7.17. The van der Waals surface area contributed by atoms with Gasteiger partial charge in [0.05, 0.1) is 13.2 Å². The largest absolute Gasteiger partial charge is 0.493 e. The lowest BCUT2D eigenvalue weighted by Gasteiger charge is -2.10. The number of hydrogen-bond donors (Lipinski definition) is 1. The Bertz CT molecular complexity index is 724. The Labute approximate surface area is 154 Å². The number of nitrogens with one attached hydrogen (secondary N) is 1. The molecule has 3 rings (SSSR count). The van der Waals surface area contributed by atoms with E-state index in [-0.39, 0.29) is 5.91 Å². The Balaban J connectivity index is 1.49. The minimum Gasteiger partial charge on any atom is -0.493 e. The third kappa shape index (κ3) is 5.76. The van der Waals surface area contributed by atoms with Gasteiger partial charge in [0.25, 0.3) is 5.91 Å². The molecule has 1 aliphatic rings. The van der Waals surface area contributed by atoms with Crippen molar-refractivity contribution in [3.63, 3.8) is 0 Å². The van der Waals surface area contributed by atoms with Crippen molar-refractivity contribution in [2.45, 2.75) is 33.2 Å². The molecular formula is C21H26N2O3. The van der Waals surface area contributed by atoms with Gasteiger partial charge >= 0.3 is 0 Å². The molecule has 1 aliphatic carbocycles. The zero-order valence-corrected chi connectivity index (χ0v) is 15.4. The molecule has 1 fully saturated rings. The van der Waals surface area contributed by atoms with Gasteiger partial charge in [-0.1, -0.05) is 26.0 Å². The summed E-state index contributed by atoms with van der Waals surface area (Å²) in [5, 5.41) is 2.91. The molecule has 0 atom stereocenters. The van der Waals surface area contributed by atoms with Crippen molar-refractivity contribution in [1.29, 1.82) is 0 Å². The van der Waals surface area contributed by atoms with Crippen molar-refractivity contribution >= 4 is 5.91 Å². The summed E-state index contributed by atoms with van der Waals surface area (Å²) in [5.74, 6) is 2.37. The highest BCUT2D eigenvalue weighted by molar-refractivity contribution is 5.94. The maximum Gasteiger partial charge on any atom is 0.251 e. The highest BCUT2D eigenvalue weighted by Gasteiger charge is 2.22. The molecule has 0 aliphatic heterocycles. The van der Waals surface area contributed by atoms with Crippen molar-refractivity contribution in [2.75, 3.05) is 13.2 Å². The smallest absolute Gasteiger partial charge is 0.251 e. The van der Waals surface area contributed by atoms with Crippen LogP contribution in [-0.2, 0) is 6.54 Å². The lowest BCUT2D eigenvalue weighted by atomic mass is 10.2. The van der Waals surface area contributed by atoms with Crippen LogP contribution < -0.4 is 14.8 Å². The third-order valence-corrected chi connectivity index (χ3v) is 4.09. The zero-order valence-electron chi connectivity index (χ0n) is 15.4. The Hall–Kier alpha value is -2.56. The van der Waals surface area contributed by atoms with Gasteiger partial charge in [0.15, 0.2) is 0 Å². The van der Waals surface area contributed by atoms with Gasteiger partial charge in [-0.3, -0.25) is 4.79 Å². The maximum atomic E-state index is 12.3. The van der Waals surface area contributed by atoms with Crippen molar-refractivity contribution in [3.05, 3.63) is 53.7 Å². The number of nitrogens with zero attached hydrogens (tertiary/aromatic N) is 1. The van der Waals surface area contributed by atoms with E-state index in [1.807, 2.05) is 24.3 Å². The first-order chi connectivity index (χ1) is 12.6. The maximum absolute atomic E-state index is 12.3. The number of ether oxygens (including phenoxy) is 2. The summed E-state index contributed by atoms with van der Waals surface area (Å²) < 4.78 is 11.3. The summed E-state index contributed by atoms with van der Waals surface area (Å²) >= 11 is 0. The number of aromatic nitrogens is 1. The van der Waals surface area contributed by atoms with Crippen LogP contribution in [0.3, 0.4) is 0 Å². The number of hydrogen-bond acceptors (Lipinski definition) is 4. The number of benzene rings is 1. The average Bonchev–Trinajstić information content (AvgIpc) is 3.48. The molecule has 5 nitrogen and oxygen atoms in total. The van der Waals surface area contributed by atoms with E-state index in [1.54, 1.807) is 18.3 Å². The average molecular weight is 354 g/mol. The molecule has 0 saturated heterocycles. The molecule has 0 radical (unpaired) electrons. The summed E-state index contributed by atoms with van der Waals surface area (Å²) in [6.07, 6.45) is 4.26. The quantitative estimate of drug-likeness (QED) is 0.743. The first-order valence-corrected chi connectivity index (χ1v) is 9.19. The number of rotatable bonds is 9. The van der Waals surface area contributed by atoms with Crippen LogP contribution in [0.1, 0.15) is 42.6 Å². The number of carbonyl (C=O) groups excluding carboxylic acids is 1. The van der Waals surface area contributed by atoms with E-state index in [0.717, 1.165) is 12.2 Å². The molecular weight excluding hydrogens is 328 g/mol. The lowest BCUT2D eigenvalue weighted by molar-refractivity contribution is 0.0950. The molecule has 0 spiro atoms. The van der Waals surface area contributed by atoms with Gasteiger partial charge in [-0.05, 0) is 48.4 Å². The third-order valence-electron chi connectivity index (χ3n) is 4.09. The molecule has 1 amide bonds. The molecule has 0 unspecified atom stereocenters. The van der Waals surface area contributed by atoms with E-state index in [1.165, 1.54) is 12.8 Å². The molecule has 1 aromatic carbocycles. The van der Waals surface area contributed by atoms with Crippen molar-refractivity contribution in [1.82, 2.24) is 10.3 Å². The molecule has 138 valence electrons. The predicted octanol–water partition coefficient (Wildman–Crippen LogP) is 3.84. The molecule has 26 heavy (non-hydrogen) atoms. The van der Waals surface area contributed by atoms with E-state index in [4.69, 9.17) is 9.47 Å². The van der Waals surface area contributed by atoms with Gasteiger partial charge in [0, 0.05) is 24.4 Å². The minimum absolute atomic E-state index is 0.131. The normalized spacial score (nSPS) is 13.5. The van der Waals surface area contributed by atoms with E-state index in [0.29, 0.717) is 42.2 Å². The van der Waals surface area contributed by atoms with Gasteiger partial charge in [0.1, 0.15) is 5.75 Å². The molecule has 5 heteroatoms. The summed E-state index contributed by atoms with van der Waals surface area (Å²) in [4.78, 5) is 16.6. The van der Waals surface area contributed by atoms with Crippen LogP contribution >= 0.6 is 0 Å². The fraction of sp³-hybridized carbons (Fsp3) is 0.429. The van der Waals surface area contributed by atoms with E-state index in [9.17, 15) is 4.79 Å². The monoisotopic (exact) mass is 354 g/mol. The SMILES string of the molecule is CC(C)COc1cccc(C(=O)NCc2ccc(OCC3CC3)nc2)c1. The summed E-state index contributed by atoms with van der Waals surface area (Å²) in [7, 11) is 0. The van der Waals surface area contributed by atoms with Crippen LogP contribution in [0.25, 0.3) is 0 Å². The topological polar surface area (TPSA) is 60.5 Å². The lowest BCUT2D eigenvalue weighted by Crippen LogP contribution is -2.22. The van der Waals surface area contributed by atoms with Crippen molar-refractivity contribution < 1.29 is 14.3 Å². The molecule has 2 aromatic rings. The standard InChI is InChI=1S/C21H26N2O3/c1-15(2)13-25-19-5-3-4-18(10-19)21(24)23-12-17-8-9-20(22-11-17)26-14-16-6-7-16/h3-5,8-11,15-16H,6-7,12-14H2,1-2H3,(H,23,24). The number of pyridine rings is 1. The minimum atomic E-state index is -0.131. The van der Waals surface area contributed by atoms with Crippen LogP contribution in [0.4, 0.5) is 0 Å². The summed E-state index contributed by atoms with van der Waals surface area (Å²) in [6, 6.07) is 11.0. The summed E-state index contributed by atoms with van der Waals surface area (Å²) in [6.45, 7) is 5.98. The molecule has 1 heterocycles. The fourth-order valence-electron chi connectivity index (χ4n) is 2.36. The Morgan fingerprint density at radius 3 is 2.77 bits per heavy atom. The highest BCUT2D eigenvalue weighted by atomic mass is 16.5. The van der Waals surface area contributed by atoms with Gasteiger partial charge in [0.2, 0.25) is 5.88 Å². The molecule has 1 aromatic heterocycles. The van der Waals surface area contributed by atoms with Crippen LogP contribution in [0.15, 0.2) is 42.6 Å². The van der Waals surface area contributed by atoms with Gasteiger partial charge in [-0.15, -0.1) is 0 Å². The van der Waals surface area contributed by atoms with Crippen LogP contribution in [-0.4, -0.2) is 24.1 Å². The van der Waals surface area contributed by atoms with Crippen molar-refractivity contribution in [3.8, 4) is 11.6 Å². The first kappa shape index (κ1) is 18.2. The molecule has 0 bridgehead atoms. The van der Waals surface area contributed by atoms with Gasteiger partial charge in [-0.25, -0.2) is 4.98 Å². The van der Waals surface area contributed by atoms with Crippen LogP contribution in [0.2, 0.25) is 0 Å². The van der Waals surface area contributed by atoms with E-state index in [2.05, 4.69) is 24.1 Å². The van der Waals surface area contributed by atoms with Gasteiger partial charge < -0.3 is 14.8 Å². The van der Waals surface area contributed by atoms with Crippen LogP contribution in [0, 0.1) is 11.8 Å². The first-order valence-electron chi connectivity index (χ1n) is 9.19. The molecule has 1 saturated carbocycles. The Morgan fingerprint density at radius 2 is 2.08 bits per heavy atom. The van der Waals surface area contributed by atoms with E-state index >= 15 is 0 Å². The molecule has 1 N–H and O–H groups in total. The van der Waals surface area contributed by atoms with Crippen molar-refractivity contribution in [2.24, 2.45) is 11.8 Å². The number of amides is 1. The predicted molar refractivity (Wildman–Crippen MR) is 100 cm³/mol. The second kappa shape index (κ2) is 8.70. The van der Waals surface area contributed by atoms with Gasteiger partial charge in [-0.2, -0.15) is 0 Å². The van der Waals surface area contributed by atoms with Crippen LogP contribution in [0.5, 0.6) is 11.6 Å². The van der Waals surface area contributed by atoms with E-state index < -0.39 is 0 Å². The summed E-state index contributed by atoms with van der Waals surface area (Å²) in [5.41, 5.74) is 1.52. The second-order valence-corrected chi connectivity index (χ2v) is 7.17. The fourth-order valence-corrected chi connectivity index (χ4v) is 2.36. The Kier molecular flexibility index (Phi) is 6.10. The highest BCUT2D eigenvalue weighted by Crippen LogP contribution is 2.29. The zero-order chi connectivity index (χ0) is 18.4.